The Morgan fingerprint density at radius 2 is 1.84 bits per heavy atom. The van der Waals surface area contributed by atoms with Gasteiger partial charge in [-0.3, -0.25) is 4.79 Å². The van der Waals surface area contributed by atoms with E-state index in [0.29, 0.717) is 15.7 Å². The lowest BCUT2D eigenvalue weighted by Crippen LogP contribution is -2.14. The zero-order valence-electron chi connectivity index (χ0n) is 13.4. The van der Waals surface area contributed by atoms with E-state index in [2.05, 4.69) is 10.3 Å². The minimum Gasteiger partial charge on any atom is -0.325 e. The third-order valence-corrected chi connectivity index (χ3v) is 4.97. The highest BCUT2D eigenvalue weighted by Gasteiger charge is 2.11. The topological polar surface area (TPSA) is 46.9 Å². The molecule has 7 heteroatoms. The zero-order valence-corrected chi connectivity index (χ0v) is 15.7. The van der Waals surface area contributed by atoms with E-state index in [4.69, 9.17) is 23.2 Å². The van der Waals surface area contributed by atoms with Crippen molar-refractivity contribution in [1.29, 1.82) is 0 Å². The van der Waals surface area contributed by atoms with Crippen molar-refractivity contribution < 1.29 is 4.79 Å². The molecular weight excluding hydrogens is 377 g/mol. The summed E-state index contributed by atoms with van der Waals surface area (Å²) < 4.78 is 1.98. The summed E-state index contributed by atoms with van der Waals surface area (Å²) in [5.41, 5.74) is 2.67. The second-order valence-corrected chi connectivity index (χ2v) is 7.16. The van der Waals surface area contributed by atoms with Crippen molar-refractivity contribution in [3.63, 3.8) is 0 Å². The molecule has 0 saturated carbocycles. The van der Waals surface area contributed by atoms with E-state index >= 15 is 0 Å². The smallest absolute Gasteiger partial charge is 0.234 e. The zero-order chi connectivity index (χ0) is 17.8. The molecule has 1 aromatic heterocycles. The second-order valence-electron chi connectivity index (χ2n) is 5.35. The number of hydrogen-bond donors (Lipinski definition) is 1. The lowest BCUT2D eigenvalue weighted by molar-refractivity contribution is -0.113. The van der Waals surface area contributed by atoms with Gasteiger partial charge < -0.3 is 9.88 Å². The highest BCUT2D eigenvalue weighted by atomic mass is 35.5. The average Bonchev–Trinajstić information content (AvgIpc) is 2.93. The molecule has 4 nitrogen and oxygen atoms in total. The molecule has 128 valence electrons. The van der Waals surface area contributed by atoms with Crippen LogP contribution < -0.4 is 5.32 Å². The van der Waals surface area contributed by atoms with Gasteiger partial charge in [0.05, 0.1) is 17.6 Å². The molecule has 0 fully saturated rings. The summed E-state index contributed by atoms with van der Waals surface area (Å²) in [6, 6.07) is 14.9. The molecule has 3 aromatic rings. The van der Waals surface area contributed by atoms with Crippen LogP contribution in [0, 0.1) is 0 Å². The summed E-state index contributed by atoms with van der Waals surface area (Å²) in [6.45, 7) is 0. The van der Waals surface area contributed by atoms with Gasteiger partial charge in [-0.05, 0) is 23.8 Å². The van der Waals surface area contributed by atoms with Gasteiger partial charge in [0.2, 0.25) is 5.91 Å². The Kier molecular flexibility index (Phi) is 5.68. The van der Waals surface area contributed by atoms with Gasteiger partial charge in [-0.2, -0.15) is 0 Å². The van der Waals surface area contributed by atoms with Crippen LogP contribution in [0.25, 0.3) is 11.3 Å². The molecule has 0 unspecified atom stereocenters. The molecule has 0 saturated heterocycles. The lowest BCUT2D eigenvalue weighted by atomic mass is 10.2. The molecule has 0 aliphatic rings. The van der Waals surface area contributed by atoms with Crippen LogP contribution in [0.15, 0.2) is 59.9 Å². The van der Waals surface area contributed by atoms with E-state index in [0.717, 1.165) is 16.4 Å². The SMILES string of the molecule is Cn1c(-c2ccccc2)cnc1SCC(=O)Nc1cc(Cl)cc(Cl)c1. The highest BCUT2D eigenvalue weighted by molar-refractivity contribution is 7.99. The van der Waals surface area contributed by atoms with Crippen LogP contribution in [0.3, 0.4) is 0 Å². The number of aromatic nitrogens is 2. The average molecular weight is 392 g/mol. The molecule has 2 aromatic carbocycles. The van der Waals surface area contributed by atoms with E-state index < -0.39 is 0 Å². The lowest BCUT2D eigenvalue weighted by Gasteiger charge is -2.07. The van der Waals surface area contributed by atoms with Gasteiger partial charge in [-0.15, -0.1) is 0 Å². The first kappa shape index (κ1) is 17.9. The van der Waals surface area contributed by atoms with Crippen LogP contribution in [0.4, 0.5) is 5.69 Å². The van der Waals surface area contributed by atoms with Crippen LogP contribution in [-0.2, 0) is 11.8 Å². The number of imidazole rings is 1. The molecule has 1 amide bonds. The summed E-state index contributed by atoms with van der Waals surface area (Å²) in [5, 5.41) is 4.52. The van der Waals surface area contributed by atoms with Crippen LogP contribution in [0.1, 0.15) is 0 Å². The number of carbonyl (C=O) groups excluding carboxylic acids is 1. The number of benzene rings is 2. The first-order valence-corrected chi connectivity index (χ1v) is 9.23. The maximum atomic E-state index is 12.1. The highest BCUT2D eigenvalue weighted by Crippen LogP contribution is 2.25. The van der Waals surface area contributed by atoms with Crippen molar-refractivity contribution >= 4 is 46.6 Å². The predicted molar refractivity (Wildman–Crippen MR) is 104 cm³/mol. The number of carbonyl (C=O) groups is 1. The van der Waals surface area contributed by atoms with E-state index in [1.54, 1.807) is 18.2 Å². The Morgan fingerprint density at radius 3 is 2.52 bits per heavy atom. The Bertz CT molecular complexity index is 876. The number of hydrogen-bond acceptors (Lipinski definition) is 3. The summed E-state index contributed by atoms with van der Waals surface area (Å²) in [4.78, 5) is 16.5. The third kappa shape index (κ3) is 4.57. The molecule has 0 bridgehead atoms. The van der Waals surface area contributed by atoms with E-state index in [1.165, 1.54) is 11.8 Å². The van der Waals surface area contributed by atoms with Crippen molar-refractivity contribution in [2.45, 2.75) is 5.16 Å². The minimum absolute atomic E-state index is 0.146. The first-order chi connectivity index (χ1) is 12.0. The summed E-state index contributed by atoms with van der Waals surface area (Å²) >= 11 is 13.2. The number of amides is 1. The van der Waals surface area contributed by atoms with Crippen molar-refractivity contribution in [3.05, 3.63) is 64.8 Å². The summed E-state index contributed by atoms with van der Waals surface area (Å²) in [7, 11) is 1.94. The maximum Gasteiger partial charge on any atom is 0.234 e. The third-order valence-electron chi connectivity index (χ3n) is 3.49. The molecule has 0 radical (unpaired) electrons. The van der Waals surface area contributed by atoms with Crippen molar-refractivity contribution in [2.24, 2.45) is 7.05 Å². The number of anilines is 1. The molecular formula is C18H15Cl2N3OS. The minimum atomic E-state index is -0.146. The molecule has 0 aliphatic heterocycles. The van der Waals surface area contributed by atoms with Gasteiger partial charge in [-0.1, -0.05) is 65.3 Å². The van der Waals surface area contributed by atoms with Crippen LogP contribution in [0.5, 0.6) is 0 Å². The summed E-state index contributed by atoms with van der Waals surface area (Å²) in [6.07, 6.45) is 1.81. The number of halogens is 2. The molecule has 0 spiro atoms. The fourth-order valence-electron chi connectivity index (χ4n) is 2.36. The Balaban J connectivity index is 1.64. The number of nitrogens with one attached hydrogen (secondary N) is 1. The Morgan fingerprint density at radius 1 is 1.16 bits per heavy atom. The molecule has 3 rings (SSSR count). The van der Waals surface area contributed by atoms with Gasteiger partial charge in [-0.25, -0.2) is 4.98 Å². The van der Waals surface area contributed by atoms with Crippen molar-refractivity contribution in [2.75, 3.05) is 11.1 Å². The van der Waals surface area contributed by atoms with Gasteiger partial charge in [0.25, 0.3) is 0 Å². The Labute approximate surface area is 160 Å². The predicted octanol–water partition coefficient (Wildman–Crippen LogP) is 5.12. The molecule has 0 atom stereocenters. The van der Waals surface area contributed by atoms with Gasteiger partial charge >= 0.3 is 0 Å². The maximum absolute atomic E-state index is 12.1. The molecule has 0 aliphatic carbocycles. The first-order valence-electron chi connectivity index (χ1n) is 7.49. The number of nitrogens with zero attached hydrogens (tertiary/aromatic N) is 2. The fraction of sp³-hybridized carbons (Fsp3) is 0.111. The van der Waals surface area contributed by atoms with E-state index in [1.807, 2.05) is 48.1 Å². The standard InChI is InChI=1S/C18H15Cl2N3OS/c1-23-16(12-5-3-2-4-6-12)10-21-18(23)25-11-17(24)22-15-8-13(19)7-14(20)9-15/h2-10H,11H2,1H3,(H,22,24). The largest absolute Gasteiger partial charge is 0.325 e. The Hall–Kier alpha value is -1.95. The molecule has 1 heterocycles. The van der Waals surface area contributed by atoms with Gasteiger partial charge in [0.15, 0.2) is 5.16 Å². The van der Waals surface area contributed by atoms with Crippen LogP contribution in [0.2, 0.25) is 10.0 Å². The quantitative estimate of drug-likeness (QED) is 0.613. The monoisotopic (exact) mass is 391 g/mol. The number of thioether (sulfide) groups is 1. The van der Waals surface area contributed by atoms with Gasteiger partial charge in [0, 0.05) is 22.8 Å². The van der Waals surface area contributed by atoms with E-state index in [-0.39, 0.29) is 11.7 Å². The molecule has 1 N–H and O–H groups in total. The number of rotatable bonds is 5. The van der Waals surface area contributed by atoms with Crippen molar-refractivity contribution in [3.8, 4) is 11.3 Å². The van der Waals surface area contributed by atoms with Crippen molar-refractivity contribution in [1.82, 2.24) is 9.55 Å². The van der Waals surface area contributed by atoms with Crippen LogP contribution >= 0.6 is 35.0 Å². The second kappa shape index (κ2) is 7.95. The fourth-order valence-corrected chi connectivity index (χ4v) is 3.63. The molecule has 25 heavy (non-hydrogen) atoms. The normalized spacial score (nSPS) is 10.7. The summed E-state index contributed by atoms with van der Waals surface area (Å²) in [5.74, 6) is 0.0936. The van der Waals surface area contributed by atoms with Gasteiger partial charge in [0.1, 0.15) is 0 Å². The van der Waals surface area contributed by atoms with E-state index in [9.17, 15) is 4.79 Å². The van der Waals surface area contributed by atoms with Crippen LogP contribution in [-0.4, -0.2) is 21.2 Å².